The van der Waals surface area contributed by atoms with Crippen molar-refractivity contribution in [3.63, 3.8) is 0 Å². The van der Waals surface area contributed by atoms with E-state index < -0.39 is 0 Å². The van der Waals surface area contributed by atoms with Crippen molar-refractivity contribution in [2.75, 3.05) is 33.2 Å². The van der Waals surface area contributed by atoms with Crippen molar-refractivity contribution in [3.05, 3.63) is 53.9 Å². The van der Waals surface area contributed by atoms with Gasteiger partial charge in [-0.25, -0.2) is 14.3 Å². The molecule has 2 aliphatic rings. The molecule has 2 fully saturated rings. The van der Waals surface area contributed by atoms with Gasteiger partial charge in [-0.3, -0.25) is 4.79 Å². The lowest BCUT2D eigenvalue weighted by Gasteiger charge is -2.32. The topological polar surface area (TPSA) is 82.8 Å². The highest BCUT2D eigenvalue weighted by atomic mass is 16.2. The number of piperazine rings is 1. The van der Waals surface area contributed by atoms with Crippen LogP contribution in [0, 0.1) is 5.92 Å². The second-order valence-electron chi connectivity index (χ2n) is 8.77. The van der Waals surface area contributed by atoms with Crippen molar-refractivity contribution in [2.24, 2.45) is 5.92 Å². The summed E-state index contributed by atoms with van der Waals surface area (Å²) in [5, 5.41) is 7.61. The van der Waals surface area contributed by atoms with E-state index in [1.807, 2.05) is 47.4 Å². The van der Waals surface area contributed by atoms with Crippen molar-refractivity contribution < 1.29 is 9.59 Å². The smallest absolute Gasteiger partial charge is 0.317 e. The molecule has 2 aromatic heterocycles. The molecule has 1 aliphatic carbocycles. The van der Waals surface area contributed by atoms with Crippen LogP contribution >= 0.6 is 0 Å². The van der Waals surface area contributed by atoms with Crippen molar-refractivity contribution in [3.8, 4) is 11.3 Å². The second kappa shape index (κ2) is 8.70. The molecule has 166 valence electrons. The number of rotatable bonds is 6. The monoisotopic (exact) mass is 432 g/mol. The van der Waals surface area contributed by atoms with E-state index in [-0.39, 0.29) is 17.7 Å². The maximum absolute atomic E-state index is 12.4. The first kappa shape index (κ1) is 20.6. The Labute approximate surface area is 187 Å². The number of aromatic nitrogens is 3. The van der Waals surface area contributed by atoms with Crippen LogP contribution in [0.25, 0.3) is 16.9 Å². The van der Waals surface area contributed by atoms with Gasteiger partial charge in [0.1, 0.15) is 5.78 Å². The normalized spacial score (nSPS) is 17.0. The highest BCUT2D eigenvalue weighted by Crippen LogP contribution is 2.30. The number of pyridine rings is 1. The van der Waals surface area contributed by atoms with Crippen LogP contribution in [-0.4, -0.2) is 69.4 Å². The molecule has 5 rings (SSSR count). The van der Waals surface area contributed by atoms with Gasteiger partial charge in [-0.15, -0.1) is 0 Å². The summed E-state index contributed by atoms with van der Waals surface area (Å²) in [6.45, 7) is 3.83. The molecule has 1 saturated carbocycles. The quantitative estimate of drug-likeness (QED) is 0.647. The summed E-state index contributed by atoms with van der Waals surface area (Å²) < 4.78 is 1.81. The second-order valence-corrected chi connectivity index (χ2v) is 8.77. The first-order chi connectivity index (χ1) is 15.6. The van der Waals surface area contributed by atoms with Crippen LogP contribution in [0.5, 0.6) is 0 Å². The minimum atomic E-state index is -0.0113. The molecule has 1 N–H and O–H groups in total. The van der Waals surface area contributed by atoms with E-state index in [1.165, 1.54) is 0 Å². The zero-order valence-electron chi connectivity index (χ0n) is 18.3. The van der Waals surface area contributed by atoms with E-state index in [4.69, 9.17) is 0 Å². The number of carbonyl (C=O) groups is 2. The van der Waals surface area contributed by atoms with E-state index in [0.29, 0.717) is 18.8 Å². The number of nitrogens with zero attached hydrogens (tertiary/aromatic N) is 5. The number of urea groups is 1. The Hall–Kier alpha value is -3.26. The Morgan fingerprint density at radius 3 is 2.50 bits per heavy atom. The number of ketones is 1. The number of fused-ring (bicyclic) bond motifs is 1. The predicted octanol–water partition coefficient (Wildman–Crippen LogP) is 2.37. The molecule has 0 spiro atoms. The molecular formula is C24H28N6O2. The lowest BCUT2D eigenvalue weighted by atomic mass is 10.1. The molecule has 8 heteroatoms. The number of Topliss-reactive ketones (excluding diaryl/α,β-unsaturated/α-hetero) is 1. The van der Waals surface area contributed by atoms with Gasteiger partial charge in [0, 0.05) is 44.2 Å². The molecule has 3 aromatic rings. The lowest BCUT2D eigenvalue weighted by Crippen LogP contribution is -2.50. The third kappa shape index (κ3) is 4.50. The zero-order valence-corrected chi connectivity index (χ0v) is 18.3. The van der Waals surface area contributed by atoms with Gasteiger partial charge in [-0.05, 0) is 37.6 Å². The molecule has 3 heterocycles. The zero-order chi connectivity index (χ0) is 22.1. The maximum Gasteiger partial charge on any atom is 0.317 e. The van der Waals surface area contributed by atoms with Crippen LogP contribution in [-0.2, 0) is 17.8 Å². The number of hydrogen-bond acceptors (Lipinski definition) is 5. The Morgan fingerprint density at radius 1 is 1.03 bits per heavy atom. The maximum atomic E-state index is 12.4. The van der Waals surface area contributed by atoms with Crippen molar-refractivity contribution >= 4 is 17.5 Å². The minimum absolute atomic E-state index is 0.0113. The van der Waals surface area contributed by atoms with Gasteiger partial charge in [-0.1, -0.05) is 30.3 Å². The number of nitrogens with one attached hydrogen (secondary N) is 1. The molecule has 0 bridgehead atoms. The minimum Gasteiger partial charge on any atom is -0.334 e. The van der Waals surface area contributed by atoms with Crippen LogP contribution < -0.4 is 5.32 Å². The average Bonchev–Trinajstić information content (AvgIpc) is 3.58. The molecule has 0 radical (unpaired) electrons. The van der Waals surface area contributed by atoms with E-state index >= 15 is 0 Å². The van der Waals surface area contributed by atoms with E-state index in [0.717, 1.165) is 61.5 Å². The fourth-order valence-electron chi connectivity index (χ4n) is 4.04. The lowest BCUT2D eigenvalue weighted by molar-refractivity contribution is -0.119. The van der Waals surface area contributed by atoms with Gasteiger partial charge in [0.15, 0.2) is 11.5 Å². The standard InChI is InChI=1S/C24H28N6O2/c1-28-11-13-29(14-12-28)24(32)25-16-17-5-7-18(8-6-17)20-3-2-4-23-26-22(27-30(20)23)15-21(31)19-9-10-19/h2-8,19H,9-16H2,1H3,(H,25,32). The van der Waals surface area contributed by atoms with Crippen LogP contribution in [0.1, 0.15) is 24.2 Å². The Kier molecular flexibility index (Phi) is 5.61. The van der Waals surface area contributed by atoms with Crippen LogP contribution in [0.3, 0.4) is 0 Å². The Morgan fingerprint density at radius 2 is 1.78 bits per heavy atom. The van der Waals surface area contributed by atoms with E-state index in [1.54, 1.807) is 4.52 Å². The molecule has 1 aromatic carbocycles. The fraction of sp³-hybridized carbons (Fsp3) is 0.417. The Balaban J connectivity index is 1.25. The average molecular weight is 433 g/mol. The summed E-state index contributed by atoms with van der Waals surface area (Å²) in [7, 11) is 2.07. The predicted molar refractivity (Wildman–Crippen MR) is 121 cm³/mol. The van der Waals surface area contributed by atoms with Crippen LogP contribution in [0.4, 0.5) is 4.79 Å². The van der Waals surface area contributed by atoms with E-state index in [9.17, 15) is 9.59 Å². The molecule has 32 heavy (non-hydrogen) atoms. The highest BCUT2D eigenvalue weighted by molar-refractivity contribution is 5.84. The first-order valence-electron chi connectivity index (χ1n) is 11.2. The third-order valence-corrected chi connectivity index (χ3v) is 6.25. The summed E-state index contributed by atoms with van der Waals surface area (Å²) in [6.07, 6.45) is 2.30. The number of amides is 2. The largest absolute Gasteiger partial charge is 0.334 e. The third-order valence-electron chi connectivity index (χ3n) is 6.25. The Bertz CT molecular complexity index is 1130. The van der Waals surface area contributed by atoms with Crippen molar-refractivity contribution in [1.29, 1.82) is 0 Å². The van der Waals surface area contributed by atoms with Crippen LogP contribution in [0.2, 0.25) is 0 Å². The van der Waals surface area contributed by atoms with Gasteiger partial charge >= 0.3 is 6.03 Å². The summed E-state index contributed by atoms with van der Waals surface area (Å²) in [5.74, 6) is 1.04. The van der Waals surface area contributed by atoms with Gasteiger partial charge in [-0.2, -0.15) is 5.10 Å². The molecule has 0 unspecified atom stereocenters. The molecule has 2 amide bonds. The summed E-state index contributed by atoms with van der Waals surface area (Å²) in [6, 6.07) is 14.0. The number of hydrogen-bond donors (Lipinski definition) is 1. The highest BCUT2D eigenvalue weighted by Gasteiger charge is 2.30. The van der Waals surface area contributed by atoms with E-state index in [2.05, 4.69) is 27.3 Å². The molecule has 1 saturated heterocycles. The van der Waals surface area contributed by atoms with Gasteiger partial charge < -0.3 is 15.1 Å². The first-order valence-corrected chi connectivity index (χ1v) is 11.2. The fourth-order valence-corrected chi connectivity index (χ4v) is 4.04. The number of benzene rings is 1. The van der Waals surface area contributed by atoms with Crippen molar-refractivity contribution in [1.82, 2.24) is 29.7 Å². The van der Waals surface area contributed by atoms with Gasteiger partial charge in [0.25, 0.3) is 0 Å². The summed E-state index contributed by atoms with van der Waals surface area (Å²) in [5.41, 5.74) is 3.71. The summed E-state index contributed by atoms with van der Waals surface area (Å²) >= 11 is 0. The number of carbonyl (C=O) groups excluding carboxylic acids is 2. The summed E-state index contributed by atoms with van der Waals surface area (Å²) in [4.78, 5) is 33.2. The molecule has 0 atom stereocenters. The molecular weight excluding hydrogens is 404 g/mol. The number of likely N-dealkylation sites (N-methyl/N-ethyl adjacent to an activating group) is 1. The van der Waals surface area contributed by atoms with Crippen LogP contribution in [0.15, 0.2) is 42.5 Å². The molecule has 8 nitrogen and oxygen atoms in total. The SMILES string of the molecule is CN1CCN(C(=O)NCc2ccc(-c3cccc4nc(CC(=O)C5CC5)nn34)cc2)CC1. The van der Waals surface area contributed by atoms with Crippen molar-refractivity contribution in [2.45, 2.75) is 25.8 Å². The van der Waals surface area contributed by atoms with Gasteiger partial charge in [0.2, 0.25) is 0 Å². The molecule has 1 aliphatic heterocycles. The van der Waals surface area contributed by atoms with Gasteiger partial charge in [0.05, 0.1) is 12.1 Å².